The quantitative estimate of drug-likeness (QED) is 0.302. The van der Waals surface area contributed by atoms with Gasteiger partial charge in [0, 0.05) is 0 Å². The van der Waals surface area contributed by atoms with Crippen molar-refractivity contribution in [2.24, 2.45) is 0 Å². The molecule has 3 rings (SSSR count). The van der Waals surface area contributed by atoms with Gasteiger partial charge in [0.1, 0.15) is 0 Å². The SMILES string of the molecule is C=C[CH2][Pd+].Cc1ccccc1P(c1ccccc1C)c1ccccc1C.[Cl-]. The molecule has 0 fully saturated rings. The van der Waals surface area contributed by atoms with Crippen LogP contribution in [0.3, 0.4) is 0 Å². The van der Waals surface area contributed by atoms with Gasteiger partial charge in [-0.1, -0.05) is 72.8 Å². The van der Waals surface area contributed by atoms with Crippen molar-refractivity contribution in [1.29, 1.82) is 0 Å². The van der Waals surface area contributed by atoms with E-state index in [-0.39, 0.29) is 12.4 Å². The summed E-state index contributed by atoms with van der Waals surface area (Å²) < 4.78 is 0. The fourth-order valence-electron chi connectivity index (χ4n) is 2.83. The zero-order chi connectivity index (χ0) is 18.9. The second-order valence-corrected chi connectivity index (χ2v) is 8.86. The number of hydrogen-bond acceptors (Lipinski definition) is 0. The molecule has 0 nitrogen and oxygen atoms in total. The van der Waals surface area contributed by atoms with Crippen LogP contribution in [0.1, 0.15) is 16.7 Å². The maximum absolute atomic E-state index is 3.44. The molecule has 0 spiro atoms. The van der Waals surface area contributed by atoms with E-state index in [0.717, 1.165) is 4.89 Å². The first-order valence-electron chi connectivity index (χ1n) is 8.69. The molecule has 3 heteroatoms. The molecule has 0 saturated heterocycles. The van der Waals surface area contributed by atoms with Crippen LogP contribution in [-0.2, 0) is 19.2 Å². The molecule has 0 atom stereocenters. The van der Waals surface area contributed by atoms with Crippen molar-refractivity contribution in [3.05, 3.63) is 102 Å². The number of rotatable bonds is 4. The third-order valence-electron chi connectivity index (χ3n) is 4.16. The summed E-state index contributed by atoms with van der Waals surface area (Å²) in [5, 5.41) is 4.38. The van der Waals surface area contributed by atoms with E-state index in [1.54, 1.807) is 0 Å². The first kappa shape index (κ1) is 23.8. The van der Waals surface area contributed by atoms with Crippen LogP contribution in [-0.4, -0.2) is 0 Å². The average Bonchev–Trinajstić information content (AvgIpc) is 2.66. The Labute approximate surface area is 182 Å². The van der Waals surface area contributed by atoms with Crippen LogP contribution in [0.5, 0.6) is 0 Å². The first-order chi connectivity index (χ1) is 12.6. The molecule has 0 aliphatic rings. The number of halogens is 1. The Morgan fingerprint density at radius 3 is 1.19 bits per heavy atom. The van der Waals surface area contributed by atoms with Gasteiger partial charge < -0.3 is 12.4 Å². The van der Waals surface area contributed by atoms with Crippen LogP contribution in [0.25, 0.3) is 0 Å². The Balaban J connectivity index is 0.000000666. The molecule has 3 aromatic carbocycles. The Kier molecular flexibility index (Phi) is 10.8. The molecule has 0 N–H and O–H groups in total. The average molecular weight is 487 g/mol. The zero-order valence-electron chi connectivity index (χ0n) is 16.1. The van der Waals surface area contributed by atoms with Crippen LogP contribution in [0.2, 0.25) is 4.89 Å². The van der Waals surface area contributed by atoms with Crippen LogP contribution < -0.4 is 28.3 Å². The molecular formula is C24H26ClPPd. The predicted octanol–water partition coefficient (Wildman–Crippen LogP) is 2.51. The second kappa shape index (κ2) is 12.3. The molecular weight excluding hydrogens is 461 g/mol. The van der Waals surface area contributed by atoms with Gasteiger partial charge in [0.25, 0.3) is 0 Å². The van der Waals surface area contributed by atoms with Gasteiger partial charge in [0.15, 0.2) is 0 Å². The first-order valence-corrected chi connectivity index (χ1v) is 11.1. The van der Waals surface area contributed by atoms with Gasteiger partial charge in [-0.3, -0.25) is 0 Å². The summed E-state index contributed by atoms with van der Waals surface area (Å²) in [5.74, 6) is 0. The van der Waals surface area contributed by atoms with Gasteiger partial charge in [-0.25, -0.2) is 0 Å². The predicted molar refractivity (Wildman–Crippen MR) is 114 cm³/mol. The van der Waals surface area contributed by atoms with E-state index in [0.29, 0.717) is 0 Å². The van der Waals surface area contributed by atoms with Crippen molar-refractivity contribution in [1.82, 2.24) is 0 Å². The van der Waals surface area contributed by atoms with Crippen LogP contribution >= 0.6 is 7.92 Å². The summed E-state index contributed by atoms with van der Waals surface area (Å²) in [6.45, 7) is 10.1. The Morgan fingerprint density at radius 2 is 0.963 bits per heavy atom. The molecule has 3 aromatic rings. The molecule has 0 heterocycles. The second-order valence-electron chi connectivity index (χ2n) is 6.11. The van der Waals surface area contributed by atoms with E-state index in [9.17, 15) is 0 Å². The molecule has 0 saturated carbocycles. The summed E-state index contributed by atoms with van der Waals surface area (Å²) >= 11 is 2.92. The number of hydrogen-bond donors (Lipinski definition) is 0. The van der Waals surface area contributed by atoms with E-state index in [1.165, 1.54) is 32.6 Å². The van der Waals surface area contributed by atoms with Crippen molar-refractivity contribution in [3.8, 4) is 0 Å². The third kappa shape index (κ3) is 6.41. The van der Waals surface area contributed by atoms with Gasteiger partial charge in [0.2, 0.25) is 0 Å². The Morgan fingerprint density at radius 1 is 0.704 bits per heavy atom. The standard InChI is InChI=1S/C21H21P.C3H5.ClH.Pd/c1-16-10-4-7-13-19(16)22(20-14-8-5-11-17(20)2)21-15-9-6-12-18(21)3;1-3-2;;/h4-15H,1-3H3;3H,1-2H2;1H;/q;;;+1/p-1. The molecule has 0 radical (unpaired) electrons. The van der Waals surface area contributed by atoms with E-state index in [2.05, 4.69) is 119 Å². The summed E-state index contributed by atoms with van der Waals surface area (Å²) in [7, 11) is -0.508. The van der Waals surface area contributed by atoms with Crippen molar-refractivity contribution in [2.45, 2.75) is 25.7 Å². The molecule has 27 heavy (non-hydrogen) atoms. The minimum absolute atomic E-state index is 0. The maximum Gasteiger partial charge on any atom is -0.0122 e. The number of aryl methyl sites for hydroxylation is 3. The van der Waals surface area contributed by atoms with Crippen LogP contribution in [0.4, 0.5) is 0 Å². The van der Waals surface area contributed by atoms with Gasteiger partial charge in [-0.2, -0.15) is 0 Å². The van der Waals surface area contributed by atoms with E-state index in [1.807, 2.05) is 6.08 Å². The molecule has 0 aromatic heterocycles. The fourth-order valence-corrected chi connectivity index (χ4v) is 5.60. The van der Waals surface area contributed by atoms with Crippen molar-refractivity contribution < 1.29 is 31.6 Å². The molecule has 0 aliphatic heterocycles. The summed E-state index contributed by atoms with van der Waals surface area (Å²) in [6.07, 6.45) is 1.81. The largest absolute Gasteiger partial charge is 1.00 e. The third-order valence-corrected chi connectivity index (χ3v) is 7.56. The summed E-state index contributed by atoms with van der Waals surface area (Å²) in [5.41, 5.74) is 4.13. The van der Waals surface area contributed by atoms with Crippen molar-refractivity contribution in [2.75, 3.05) is 0 Å². The van der Waals surface area contributed by atoms with Gasteiger partial charge >= 0.3 is 36.8 Å². The minimum atomic E-state index is -0.508. The van der Waals surface area contributed by atoms with Crippen molar-refractivity contribution in [3.63, 3.8) is 0 Å². The van der Waals surface area contributed by atoms with Gasteiger partial charge in [-0.05, 0) is 61.3 Å². The maximum atomic E-state index is 3.44. The van der Waals surface area contributed by atoms with E-state index < -0.39 is 7.92 Å². The Hall–Kier alpha value is -1.22. The molecule has 0 bridgehead atoms. The zero-order valence-corrected chi connectivity index (χ0v) is 19.3. The molecule has 144 valence electrons. The van der Waals surface area contributed by atoms with Crippen LogP contribution in [0, 0.1) is 20.8 Å². The fraction of sp³-hybridized carbons (Fsp3) is 0.167. The topological polar surface area (TPSA) is 0 Å². The summed E-state index contributed by atoms with van der Waals surface area (Å²) in [6, 6.07) is 26.4. The smallest absolute Gasteiger partial charge is 0.0122 e. The normalized spacial score (nSPS) is 9.85. The molecule has 0 unspecified atom stereocenters. The van der Waals surface area contributed by atoms with E-state index >= 15 is 0 Å². The molecule has 0 aliphatic carbocycles. The van der Waals surface area contributed by atoms with E-state index in [4.69, 9.17) is 0 Å². The molecule has 0 amide bonds. The summed E-state index contributed by atoms with van der Waals surface area (Å²) in [4.78, 5) is 0.933. The van der Waals surface area contributed by atoms with Gasteiger partial charge in [0.05, 0.1) is 0 Å². The minimum Gasteiger partial charge on any atom is -1.00 e. The number of allylic oxidation sites excluding steroid dienone is 1. The van der Waals surface area contributed by atoms with Gasteiger partial charge in [-0.15, -0.1) is 0 Å². The van der Waals surface area contributed by atoms with Crippen molar-refractivity contribution >= 4 is 23.8 Å². The number of benzene rings is 3. The van der Waals surface area contributed by atoms with Crippen LogP contribution in [0.15, 0.2) is 85.5 Å². The Bertz CT molecular complexity index is 752. The monoisotopic (exact) mass is 486 g/mol.